The minimum Gasteiger partial charge on any atom is -0.497 e. The SMILES string of the molecule is COc1ccc(OC)c(CNC[C@@H](O)c2ccccc2)c1. The first-order chi connectivity index (χ1) is 10.2. The van der Waals surface area contributed by atoms with Crippen LogP contribution in [0.3, 0.4) is 0 Å². The fourth-order valence-corrected chi connectivity index (χ4v) is 2.16. The average molecular weight is 287 g/mol. The zero-order valence-corrected chi connectivity index (χ0v) is 12.4. The van der Waals surface area contributed by atoms with Gasteiger partial charge in [-0.1, -0.05) is 30.3 Å². The lowest BCUT2D eigenvalue weighted by Gasteiger charge is -2.14. The van der Waals surface area contributed by atoms with E-state index in [2.05, 4.69) is 5.32 Å². The molecule has 0 unspecified atom stereocenters. The normalized spacial score (nSPS) is 12.0. The van der Waals surface area contributed by atoms with E-state index in [1.165, 1.54) is 0 Å². The van der Waals surface area contributed by atoms with Crippen molar-refractivity contribution in [2.24, 2.45) is 0 Å². The van der Waals surface area contributed by atoms with E-state index in [-0.39, 0.29) is 0 Å². The number of nitrogens with one attached hydrogen (secondary N) is 1. The van der Waals surface area contributed by atoms with Gasteiger partial charge in [-0.25, -0.2) is 0 Å². The molecule has 0 aromatic heterocycles. The highest BCUT2D eigenvalue weighted by atomic mass is 16.5. The van der Waals surface area contributed by atoms with E-state index in [9.17, 15) is 5.11 Å². The van der Waals surface area contributed by atoms with E-state index in [0.717, 1.165) is 22.6 Å². The van der Waals surface area contributed by atoms with Crippen LogP contribution in [0.15, 0.2) is 48.5 Å². The molecule has 21 heavy (non-hydrogen) atoms. The topological polar surface area (TPSA) is 50.7 Å². The van der Waals surface area contributed by atoms with Crippen molar-refractivity contribution >= 4 is 0 Å². The Morgan fingerprint density at radius 2 is 1.81 bits per heavy atom. The fourth-order valence-electron chi connectivity index (χ4n) is 2.16. The Labute approximate surface area is 125 Å². The van der Waals surface area contributed by atoms with Gasteiger partial charge in [-0.05, 0) is 23.8 Å². The van der Waals surface area contributed by atoms with E-state index in [0.29, 0.717) is 13.1 Å². The highest BCUT2D eigenvalue weighted by molar-refractivity contribution is 5.40. The molecule has 4 heteroatoms. The van der Waals surface area contributed by atoms with E-state index in [4.69, 9.17) is 9.47 Å². The molecule has 2 rings (SSSR count). The number of ether oxygens (including phenoxy) is 2. The van der Waals surface area contributed by atoms with Gasteiger partial charge >= 0.3 is 0 Å². The van der Waals surface area contributed by atoms with Crippen LogP contribution in [0.1, 0.15) is 17.2 Å². The third-order valence-electron chi connectivity index (χ3n) is 3.33. The maximum absolute atomic E-state index is 10.1. The quantitative estimate of drug-likeness (QED) is 0.821. The van der Waals surface area contributed by atoms with Gasteiger partial charge < -0.3 is 19.9 Å². The van der Waals surface area contributed by atoms with Crippen molar-refractivity contribution < 1.29 is 14.6 Å². The van der Waals surface area contributed by atoms with E-state index >= 15 is 0 Å². The molecule has 2 aromatic carbocycles. The van der Waals surface area contributed by atoms with Crippen LogP contribution >= 0.6 is 0 Å². The third-order valence-corrected chi connectivity index (χ3v) is 3.33. The number of methoxy groups -OCH3 is 2. The second-order valence-electron chi connectivity index (χ2n) is 4.74. The van der Waals surface area contributed by atoms with Crippen LogP contribution in [-0.2, 0) is 6.54 Å². The molecule has 2 N–H and O–H groups in total. The molecule has 0 saturated carbocycles. The Kier molecular flexibility index (Phi) is 5.60. The number of benzene rings is 2. The zero-order chi connectivity index (χ0) is 15.1. The van der Waals surface area contributed by atoms with Gasteiger partial charge in [-0.2, -0.15) is 0 Å². The number of aliphatic hydroxyl groups excluding tert-OH is 1. The van der Waals surface area contributed by atoms with Gasteiger partial charge in [-0.3, -0.25) is 0 Å². The molecule has 0 bridgehead atoms. The van der Waals surface area contributed by atoms with Crippen LogP contribution in [0, 0.1) is 0 Å². The predicted octanol–water partition coefficient (Wildman–Crippen LogP) is 2.53. The summed E-state index contributed by atoms with van der Waals surface area (Å²) in [4.78, 5) is 0. The standard InChI is InChI=1S/C17H21NO3/c1-20-15-8-9-17(21-2)14(10-15)11-18-12-16(19)13-6-4-3-5-7-13/h3-10,16,18-19H,11-12H2,1-2H3/t16-/m1/s1. The lowest BCUT2D eigenvalue weighted by molar-refractivity contribution is 0.174. The van der Waals surface area contributed by atoms with Crippen LogP contribution in [-0.4, -0.2) is 25.9 Å². The zero-order valence-electron chi connectivity index (χ0n) is 12.4. The molecule has 0 radical (unpaired) electrons. The average Bonchev–Trinajstić information content (AvgIpc) is 2.55. The number of hydrogen-bond acceptors (Lipinski definition) is 4. The molecule has 0 aliphatic heterocycles. The molecule has 4 nitrogen and oxygen atoms in total. The molecule has 0 heterocycles. The molecule has 0 amide bonds. The molecule has 112 valence electrons. The largest absolute Gasteiger partial charge is 0.497 e. The van der Waals surface area contributed by atoms with Crippen molar-refractivity contribution in [3.8, 4) is 11.5 Å². The monoisotopic (exact) mass is 287 g/mol. The minimum absolute atomic E-state index is 0.477. The summed E-state index contributed by atoms with van der Waals surface area (Å²) in [7, 11) is 3.28. The Morgan fingerprint density at radius 1 is 1.05 bits per heavy atom. The van der Waals surface area contributed by atoms with Crippen molar-refractivity contribution in [2.45, 2.75) is 12.6 Å². The van der Waals surface area contributed by atoms with Crippen molar-refractivity contribution in [3.63, 3.8) is 0 Å². The maximum Gasteiger partial charge on any atom is 0.123 e. The molecule has 0 saturated heterocycles. The predicted molar refractivity (Wildman–Crippen MR) is 82.7 cm³/mol. The van der Waals surface area contributed by atoms with Gasteiger partial charge in [0.1, 0.15) is 11.5 Å². The van der Waals surface area contributed by atoms with E-state index < -0.39 is 6.10 Å². The molecular weight excluding hydrogens is 266 g/mol. The van der Waals surface area contributed by atoms with Gasteiger partial charge in [0.25, 0.3) is 0 Å². The van der Waals surface area contributed by atoms with Gasteiger partial charge in [0, 0.05) is 18.7 Å². The van der Waals surface area contributed by atoms with Gasteiger partial charge in [0.15, 0.2) is 0 Å². The summed E-state index contributed by atoms with van der Waals surface area (Å²) < 4.78 is 10.5. The van der Waals surface area contributed by atoms with Crippen LogP contribution in [0.4, 0.5) is 0 Å². The van der Waals surface area contributed by atoms with Crippen molar-refractivity contribution in [2.75, 3.05) is 20.8 Å². The highest BCUT2D eigenvalue weighted by Gasteiger charge is 2.08. The van der Waals surface area contributed by atoms with Crippen molar-refractivity contribution in [1.82, 2.24) is 5.32 Å². The number of rotatable bonds is 7. The van der Waals surface area contributed by atoms with Crippen LogP contribution in [0.5, 0.6) is 11.5 Å². The number of aliphatic hydroxyl groups is 1. The minimum atomic E-state index is -0.525. The smallest absolute Gasteiger partial charge is 0.123 e. The molecular formula is C17H21NO3. The molecule has 0 fully saturated rings. The third kappa shape index (κ3) is 4.21. The fraction of sp³-hybridized carbons (Fsp3) is 0.294. The number of hydrogen-bond donors (Lipinski definition) is 2. The molecule has 1 atom stereocenters. The van der Waals surface area contributed by atoms with E-state index in [1.54, 1.807) is 14.2 Å². The van der Waals surface area contributed by atoms with Crippen molar-refractivity contribution in [1.29, 1.82) is 0 Å². The summed E-state index contributed by atoms with van der Waals surface area (Å²) in [6.45, 7) is 1.08. The first-order valence-corrected chi connectivity index (χ1v) is 6.89. The van der Waals surface area contributed by atoms with Crippen LogP contribution < -0.4 is 14.8 Å². The summed E-state index contributed by atoms with van der Waals surface area (Å²) >= 11 is 0. The Hall–Kier alpha value is -2.04. The lowest BCUT2D eigenvalue weighted by atomic mass is 10.1. The molecule has 0 spiro atoms. The second kappa shape index (κ2) is 7.67. The molecule has 2 aromatic rings. The van der Waals surface area contributed by atoms with Gasteiger partial charge in [0.05, 0.1) is 20.3 Å². The first kappa shape index (κ1) is 15.4. The summed E-state index contributed by atoms with van der Waals surface area (Å²) in [5.74, 6) is 1.59. The summed E-state index contributed by atoms with van der Waals surface area (Å²) in [5.41, 5.74) is 1.90. The van der Waals surface area contributed by atoms with Crippen LogP contribution in [0.2, 0.25) is 0 Å². The first-order valence-electron chi connectivity index (χ1n) is 6.89. The maximum atomic E-state index is 10.1. The Morgan fingerprint density at radius 3 is 2.48 bits per heavy atom. The summed E-state index contributed by atoms with van der Waals surface area (Å²) in [5, 5.41) is 13.3. The Balaban J connectivity index is 1.94. The van der Waals surface area contributed by atoms with Gasteiger partial charge in [0.2, 0.25) is 0 Å². The van der Waals surface area contributed by atoms with Crippen molar-refractivity contribution in [3.05, 3.63) is 59.7 Å². The summed E-state index contributed by atoms with van der Waals surface area (Å²) in [6.07, 6.45) is -0.525. The molecule has 0 aliphatic rings. The lowest BCUT2D eigenvalue weighted by Crippen LogP contribution is -2.21. The van der Waals surface area contributed by atoms with E-state index in [1.807, 2.05) is 48.5 Å². The van der Waals surface area contributed by atoms with Crippen LogP contribution in [0.25, 0.3) is 0 Å². The summed E-state index contributed by atoms with van der Waals surface area (Å²) in [6, 6.07) is 15.3. The van der Waals surface area contributed by atoms with Gasteiger partial charge in [-0.15, -0.1) is 0 Å². The second-order valence-corrected chi connectivity index (χ2v) is 4.74. The highest BCUT2D eigenvalue weighted by Crippen LogP contribution is 2.23. The molecule has 0 aliphatic carbocycles. The Bertz CT molecular complexity index is 557.